The first-order valence-corrected chi connectivity index (χ1v) is 8.11. The molecule has 0 spiro atoms. The number of benzene rings is 2. The van der Waals surface area contributed by atoms with Crippen LogP contribution in [0.2, 0.25) is 0 Å². The Hall–Kier alpha value is -2.56. The second-order valence-electron chi connectivity index (χ2n) is 5.58. The molecule has 126 valence electrons. The third kappa shape index (κ3) is 3.07. The highest BCUT2D eigenvalue weighted by atomic mass is 19.1. The van der Waals surface area contributed by atoms with Crippen LogP contribution < -0.4 is 14.8 Å². The van der Waals surface area contributed by atoms with Gasteiger partial charge in [0.05, 0.1) is 13.2 Å². The summed E-state index contributed by atoms with van der Waals surface area (Å²) in [5, 5.41) is 2.85. The molecule has 0 bridgehead atoms. The number of halogens is 1. The Kier molecular flexibility index (Phi) is 4.69. The molecule has 0 aliphatic carbocycles. The molecule has 4 nitrogen and oxygen atoms in total. The van der Waals surface area contributed by atoms with Gasteiger partial charge in [-0.2, -0.15) is 0 Å². The van der Waals surface area contributed by atoms with Gasteiger partial charge in [0.15, 0.2) is 11.5 Å². The summed E-state index contributed by atoms with van der Waals surface area (Å²) in [6.45, 7) is 4.76. The molecule has 0 saturated carbocycles. The Morgan fingerprint density at radius 3 is 2.42 bits per heavy atom. The van der Waals surface area contributed by atoms with E-state index in [1.54, 1.807) is 24.3 Å². The van der Waals surface area contributed by atoms with Crippen LogP contribution in [0, 0.1) is 5.82 Å². The minimum absolute atomic E-state index is 0.137. The lowest BCUT2D eigenvalue weighted by molar-refractivity contribution is -0.116. The number of nitrogens with one attached hydrogen (secondary N) is 1. The predicted octanol–water partition coefficient (Wildman–Crippen LogP) is 4.10. The highest BCUT2D eigenvalue weighted by Gasteiger charge is 2.30. The van der Waals surface area contributed by atoms with E-state index in [9.17, 15) is 9.18 Å². The lowest BCUT2D eigenvalue weighted by atomic mass is 9.84. The highest BCUT2D eigenvalue weighted by Crippen LogP contribution is 2.43. The average molecular weight is 329 g/mol. The Balaban J connectivity index is 2.12. The van der Waals surface area contributed by atoms with Crippen LogP contribution in [0.1, 0.15) is 37.3 Å². The van der Waals surface area contributed by atoms with Crippen molar-refractivity contribution >= 4 is 11.6 Å². The smallest absolute Gasteiger partial charge is 0.225 e. The zero-order valence-electron chi connectivity index (χ0n) is 13.8. The summed E-state index contributed by atoms with van der Waals surface area (Å²) in [6.07, 6.45) is 0.202. The summed E-state index contributed by atoms with van der Waals surface area (Å²) >= 11 is 0. The monoisotopic (exact) mass is 329 g/mol. The Morgan fingerprint density at radius 2 is 1.75 bits per heavy atom. The fourth-order valence-corrected chi connectivity index (χ4v) is 3.04. The molecule has 0 radical (unpaired) electrons. The average Bonchev–Trinajstić information content (AvgIpc) is 2.56. The lowest BCUT2D eigenvalue weighted by Crippen LogP contribution is -2.24. The van der Waals surface area contributed by atoms with E-state index in [2.05, 4.69) is 5.32 Å². The van der Waals surface area contributed by atoms with Gasteiger partial charge in [0, 0.05) is 24.1 Å². The summed E-state index contributed by atoms with van der Waals surface area (Å²) in [5.41, 5.74) is 2.00. The van der Waals surface area contributed by atoms with E-state index in [0.717, 1.165) is 5.56 Å². The molecule has 1 aliphatic rings. The Labute approximate surface area is 140 Å². The molecule has 0 fully saturated rings. The summed E-state index contributed by atoms with van der Waals surface area (Å²) in [4.78, 5) is 12.1. The van der Waals surface area contributed by atoms with Crippen molar-refractivity contribution in [1.29, 1.82) is 0 Å². The molecule has 1 amide bonds. The quantitative estimate of drug-likeness (QED) is 0.898. The number of carbonyl (C=O) groups excluding carboxylic acids is 1. The molecule has 2 aromatic rings. The molecule has 1 aliphatic heterocycles. The van der Waals surface area contributed by atoms with E-state index in [4.69, 9.17) is 9.47 Å². The van der Waals surface area contributed by atoms with Gasteiger partial charge < -0.3 is 14.8 Å². The van der Waals surface area contributed by atoms with E-state index in [1.165, 1.54) is 6.07 Å². The minimum atomic E-state index is -0.343. The molecule has 24 heavy (non-hydrogen) atoms. The van der Waals surface area contributed by atoms with Crippen LogP contribution in [0.25, 0.3) is 0 Å². The van der Waals surface area contributed by atoms with Crippen LogP contribution in [0.5, 0.6) is 11.5 Å². The summed E-state index contributed by atoms with van der Waals surface area (Å²) < 4.78 is 25.5. The zero-order chi connectivity index (χ0) is 17.1. The lowest BCUT2D eigenvalue weighted by Gasteiger charge is -2.27. The van der Waals surface area contributed by atoms with Gasteiger partial charge in [-0.1, -0.05) is 18.2 Å². The minimum Gasteiger partial charge on any atom is -0.490 e. The molecule has 1 N–H and O–H groups in total. The molecule has 2 aromatic carbocycles. The van der Waals surface area contributed by atoms with Crippen molar-refractivity contribution in [3.63, 3.8) is 0 Å². The first-order valence-electron chi connectivity index (χ1n) is 8.11. The summed E-state index contributed by atoms with van der Waals surface area (Å²) in [6, 6.07) is 10.2. The fraction of sp³-hybridized carbons (Fsp3) is 0.316. The molecule has 1 heterocycles. The van der Waals surface area contributed by atoms with Crippen LogP contribution in [0.4, 0.5) is 10.1 Å². The molecule has 3 rings (SSSR count). The maximum atomic E-state index is 14.3. The van der Waals surface area contributed by atoms with Crippen LogP contribution in [0.3, 0.4) is 0 Å². The molecular formula is C19H20FNO3. The Bertz CT molecular complexity index is 760. The number of ether oxygens (including phenoxy) is 2. The predicted molar refractivity (Wildman–Crippen MR) is 90.3 cm³/mol. The Morgan fingerprint density at radius 1 is 1.08 bits per heavy atom. The molecule has 0 unspecified atom stereocenters. The van der Waals surface area contributed by atoms with Gasteiger partial charge in [0.2, 0.25) is 5.91 Å². The van der Waals surface area contributed by atoms with Gasteiger partial charge in [0.1, 0.15) is 5.82 Å². The maximum absolute atomic E-state index is 14.3. The fourth-order valence-electron chi connectivity index (χ4n) is 3.04. The van der Waals surface area contributed by atoms with Gasteiger partial charge in [-0.3, -0.25) is 4.79 Å². The number of rotatable bonds is 5. The topological polar surface area (TPSA) is 47.6 Å². The largest absolute Gasteiger partial charge is 0.490 e. The molecule has 0 saturated heterocycles. The second kappa shape index (κ2) is 6.91. The number of amides is 1. The van der Waals surface area contributed by atoms with Crippen molar-refractivity contribution in [3.05, 3.63) is 53.3 Å². The van der Waals surface area contributed by atoms with Crippen LogP contribution in [-0.2, 0) is 4.79 Å². The SMILES string of the molecule is CCOc1cc2c(cc1OCC)[C@H](c1ccccc1F)CC(=O)N2. The number of carbonyl (C=O) groups is 1. The molecule has 1 atom stereocenters. The maximum Gasteiger partial charge on any atom is 0.225 e. The number of anilines is 1. The number of fused-ring (bicyclic) bond motifs is 1. The van der Waals surface area contributed by atoms with Crippen molar-refractivity contribution in [2.24, 2.45) is 0 Å². The zero-order valence-corrected chi connectivity index (χ0v) is 13.8. The van der Waals surface area contributed by atoms with Crippen LogP contribution >= 0.6 is 0 Å². The van der Waals surface area contributed by atoms with Gasteiger partial charge in [-0.15, -0.1) is 0 Å². The van der Waals surface area contributed by atoms with Crippen molar-refractivity contribution in [2.75, 3.05) is 18.5 Å². The van der Waals surface area contributed by atoms with Crippen LogP contribution in [-0.4, -0.2) is 19.1 Å². The van der Waals surface area contributed by atoms with Gasteiger partial charge in [-0.05, 0) is 37.1 Å². The van der Waals surface area contributed by atoms with Gasteiger partial charge >= 0.3 is 0 Å². The normalized spacial score (nSPS) is 16.3. The van der Waals surface area contributed by atoms with E-state index in [1.807, 2.05) is 19.9 Å². The van der Waals surface area contributed by atoms with Crippen molar-refractivity contribution in [3.8, 4) is 11.5 Å². The van der Waals surface area contributed by atoms with Crippen LogP contribution in [0.15, 0.2) is 36.4 Å². The van der Waals surface area contributed by atoms with Crippen molar-refractivity contribution in [2.45, 2.75) is 26.2 Å². The molecule has 5 heteroatoms. The second-order valence-corrected chi connectivity index (χ2v) is 5.58. The van der Waals surface area contributed by atoms with E-state index in [-0.39, 0.29) is 24.1 Å². The van der Waals surface area contributed by atoms with E-state index in [0.29, 0.717) is 36.0 Å². The van der Waals surface area contributed by atoms with Crippen molar-refractivity contribution in [1.82, 2.24) is 0 Å². The van der Waals surface area contributed by atoms with Gasteiger partial charge in [0.25, 0.3) is 0 Å². The first-order chi connectivity index (χ1) is 11.6. The summed E-state index contributed by atoms with van der Waals surface area (Å²) in [7, 11) is 0. The van der Waals surface area contributed by atoms with Gasteiger partial charge in [-0.25, -0.2) is 4.39 Å². The molecular weight excluding hydrogens is 309 g/mol. The van der Waals surface area contributed by atoms with E-state index >= 15 is 0 Å². The standard InChI is InChI=1S/C19H20FNO3/c1-3-23-17-9-14-13(12-7-5-6-8-15(12)20)10-19(22)21-16(14)11-18(17)24-4-2/h5-9,11,13H,3-4,10H2,1-2H3,(H,21,22)/t13-/m0/s1. The third-order valence-corrected chi connectivity index (χ3v) is 4.04. The van der Waals surface area contributed by atoms with E-state index < -0.39 is 0 Å². The number of hydrogen-bond acceptors (Lipinski definition) is 3. The first kappa shape index (κ1) is 16.3. The highest BCUT2D eigenvalue weighted by molar-refractivity contribution is 5.96. The molecule has 0 aromatic heterocycles. The number of hydrogen-bond donors (Lipinski definition) is 1. The van der Waals surface area contributed by atoms with Crippen molar-refractivity contribution < 1.29 is 18.7 Å². The summed E-state index contributed by atoms with van der Waals surface area (Å²) in [5.74, 6) is 0.394. The third-order valence-electron chi connectivity index (χ3n) is 4.04.